The monoisotopic (exact) mass is 331 g/mol. The summed E-state index contributed by atoms with van der Waals surface area (Å²) in [6.45, 7) is 9.11. The molecule has 1 atom stereocenters. The molecule has 0 bridgehead atoms. The standard InChI is InChI=1S/C17H25N5O2/c1-12(2)14-11-15(24-20-14)17(23)22-8-4-7-21(9-10-22)16-6-5-13(3)18-19-16/h5-6,12,15H,4,7-11H2,1-3H3. The Balaban J connectivity index is 1.57. The summed E-state index contributed by atoms with van der Waals surface area (Å²) in [7, 11) is 0. The van der Waals surface area contributed by atoms with Crippen LogP contribution in [-0.4, -0.2) is 59.0 Å². The van der Waals surface area contributed by atoms with Crippen molar-refractivity contribution < 1.29 is 9.63 Å². The second kappa shape index (κ2) is 7.15. The van der Waals surface area contributed by atoms with Crippen LogP contribution < -0.4 is 4.90 Å². The van der Waals surface area contributed by atoms with E-state index in [2.05, 4.69) is 34.1 Å². The third-order valence-corrected chi connectivity index (χ3v) is 4.55. The predicted octanol–water partition coefficient (Wildman–Crippen LogP) is 1.62. The molecule has 3 heterocycles. The van der Waals surface area contributed by atoms with E-state index in [1.165, 1.54) is 0 Å². The number of nitrogens with zero attached hydrogens (tertiary/aromatic N) is 5. The third kappa shape index (κ3) is 3.66. The topological polar surface area (TPSA) is 70.9 Å². The Kier molecular flexibility index (Phi) is 4.97. The SMILES string of the molecule is Cc1ccc(N2CCCN(C(=O)C3CC(C(C)C)=NO3)CC2)nn1. The smallest absolute Gasteiger partial charge is 0.266 e. The fourth-order valence-corrected chi connectivity index (χ4v) is 3.00. The molecule has 0 N–H and O–H groups in total. The van der Waals surface area contributed by atoms with Gasteiger partial charge in [-0.25, -0.2) is 0 Å². The van der Waals surface area contributed by atoms with Gasteiger partial charge in [-0.2, -0.15) is 5.10 Å². The minimum atomic E-state index is -0.451. The van der Waals surface area contributed by atoms with Crippen LogP contribution >= 0.6 is 0 Å². The van der Waals surface area contributed by atoms with Crippen LogP contribution in [0.3, 0.4) is 0 Å². The third-order valence-electron chi connectivity index (χ3n) is 4.55. The number of hydrogen-bond acceptors (Lipinski definition) is 6. The minimum Gasteiger partial charge on any atom is -0.382 e. The molecule has 0 radical (unpaired) electrons. The molecule has 0 saturated carbocycles. The first-order chi connectivity index (χ1) is 11.5. The summed E-state index contributed by atoms with van der Waals surface area (Å²) in [5.41, 5.74) is 1.88. The summed E-state index contributed by atoms with van der Waals surface area (Å²) in [4.78, 5) is 22.1. The van der Waals surface area contributed by atoms with E-state index in [-0.39, 0.29) is 5.91 Å². The number of hydrogen-bond donors (Lipinski definition) is 0. The van der Waals surface area contributed by atoms with Gasteiger partial charge in [-0.1, -0.05) is 19.0 Å². The molecule has 1 saturated heterocycles. The number of aryl methyl sites for hydroxylation is 1. The van der Waals surface area contributed by atoms with Gasteiger partial charge in [0.1, 0.15) is 0 Å². The van der Waals surface area contributed by atoms with Gasteiger partial charge in [0, 0.05) is 32.6 Å². The first-order valence-corrected chi connectivity index (χ1v) is 8.61. The summed E-state index contributed by atoms with van der Waals surface area (Å²) in [5.74, 6) is 1.24. The Labute approximate surface area is 142 Å². The lowest BCUT2D eigenvalue weighted by atomic mass is 10.0. The molecule has 2 aliphatic rings. The van der Waals surface area contributed by atoms with E-state index in [0.29, 0.717) is 18.9 Å². The van der Waals surface area contributed by atoms with Crippen molar-refractivity contribution in [3.05, 3.63) is 17.8 Å². The highest BCUT2D eigenvalue weighted by atomic mass is 16.6. The molecule has 3 rings (SSSR count). The fraction of sp³-hybridized carbons (Fsp3) is 0.647. The maximum absolute atomic E-state index is 12.7. The van der Waals surface area contributed by atoms with Gasteiger partial charge in [0.05, 0.1) is 11.4 Å². The van der Waals surface area contributed by atoms with Gasteiger partial charge in [0.2, 0.25) is 6.10 Å². The second-order valence-corrected chi connectivity index (χ2v) is 6.73. The highest BCUT2D eigenvalue weighted by Crippen LogP contribution is 2.19. The molecule has 130 valence electrons. The average Bonchev–Trinajstić information content (AvgIpc) is 2.94. The normalized spacial score (nSPS) is 21.5. The quantitative estimate of drug-likeness (QED) is 0.842. The number of aromatic nitrogens is 2. The Bertz CT molecular complexity index is 614. The summed E-state index contributed by atoms with van der Waals surface area (Å²) < 4.78 is 0. The molecule has 0 aromatic carbocycles. The number of amides is 1. The van der Waals surface area contributed by atoms with Crippen molar-refractivity contribution in [2.75, 3.05) is 31.1 Å². The molecule has 7 nitrogen and oxygen atoms in total. The molecular weight excluding hydrogens is 306 g/mol. The molecule has 1 fully saturated rings. The molecule has 1 aromatic rings. The average molecular weight is 331 g/mol. The van der Waals surface area contributed by atoms with Gasteiger partial charge in [-0.05, 0) is 31.4 Å². The van der Waals surface area contributed by atoms with E-state index in [1.807, 2.05) is 24.0 Å². The van der Waals surface area contributed by atoms with Gasteiger partial charge >= 0.3 is 0 Å². The van der Waals surface area contributed by atoms with Crippen molar-refractivity contribution in [1.82, 2.24) is 15.1 Å². The van der Waals surface area contributed by atoms with Crippen LogP contribution in [0.1, 0.15) is 32.4 Å². The van der Waals surface area contributed by atoms with E-state index >= 15 is 0 Å². The van der Waals surface area contributed by atoms with Gasteiger partial charge in [0.25, 0.3) is 5.91 Å². The minimum absolute atomic E-state index is 0.0474. The first kappa shape index (κ1) is 16.7. The molecular formula is C17H25N5O2. The molecule has 0 spiro atoms. The fourth-order valence-electron chi connectivity index (χ4n) is 3.00. The van der Waals surface area contributed by atoms with Crippen LogP contribution in [-0.2, 0) is 9.63 Å². The maximum atomic E-state index is 12.7. The van der Waals surface area contributed by atoms with Gasteiger partial charge in [-0.15, -0.1) is 5.10 Å². The molecule has 2 aliphatic heterocycles. The van der Waals surface area contributed by atoms with Gasteiger partial charge < -0.3 is 14.6 Å². The first-order valence-electron chi connectivity index (χ1n) is 8.61. The van der Waals surface area contributed by atoms with Crippen molar-refractivity contribution in [2.45, 2.75) is 39.7 Å². The zero-order chi connectivity index (χ0) is 17.1. The second-order valence-electron chi connectivity index (χ2n) is 6.73. The van der Waals surface area contributed by atoms with Crippen molar-refractivity contribution in [2.24, 2.45) is 11.1 Å². The van der Waals surface area contributed by atoms with Crippen LogP contribution in [0.4, 0.5) is 5.82 Å². The van der Waals surface area contributed by atoms with Crippen LogP contribution in [0.25, 0.3) is 0 Å². The van der Waals surface area contributed by atoms with E-state index in [0.717, 1.165) is 43.3 Å². The van der Waals surface area contributed by atoms with E-state index in [4.69, 9.17) is 4.84 Å². The molecule has 1 aromatic heterocycles. The van der Waals surface area contributed by atoms with Crippen molar-refractivity contribution in [1.29, 1.82) is 0 Å². The van der Waals surface area contributed by atoms with Crippen molar-refractivity contribution >= 4 is 17.4 Å². The Morgan fingerprint density at radius 1 is 1.21 bits per heavy atom. The molecule has 1 amide bonds. The number of rotatable bonds is 3. The molecule has 7 heteroatoms. The highest BCUT2D eigenvalue weighted by Gasteiger charge is 2.33. The number of oxime groups is 1. The van der Waals surface area contributed by atoms with Crippen LogP contribution in [0.15, 0.2) is 17.3 Å². The highest BCUT2D eigenvalue weighted by molar-refractivity contribution is 5.93. The summed E-state index contributed by atoms with van der Waals surface area (Å²) in [6, 6.07) is 3.95. The summed E-state index contributed by atoms with van der Waals surface area (Å²) >= 11 is 0. The maximum Gasteiger partial charge on any atom is 0.266 e. The summed E-state index contributed by atoms with van der Waals surface area (Å²) in [6.07, 6.45) is 1.07. The lowest BCUT2D eigenvalue weighted by molar-refractivity contribution is -0.141. The van der Waals surface area contributed by atoms with E-state index in [9.17, 15) is 4.79 Å². The van der Waals surface area contributed by atoms with Crippen molar-refractivity contribution in [3.63, 3.8) is 0 Å². The zero-order valence-corrected chi connectivity index (χ0v) is 14.6. The molecule has 24 heavy (non-hydrogen) atoms. The van der Waals surface area contributed by atoms with Crippen LogP contribution in [0.5, 0.6) is 0 Å². The predicted molar refractivity (Wildman–Crippen MR) is 91.9 cm³/mol. The Hall–Kier alpha value is -2.18. The summed E-state index contributed by atoms with van der Waals surface area (Å²) in [5, 5.41) is 12.4. The van der Waals surface area contributed by atoms with Gasteiger partial charge in [-0.3, -0.25) is 4.79 Å². The van der Waals surface area contributed by atoms with E-state index < -0.39 is 6.10 Å². The number of carbonyl (C=O) groups is 1. The zero-order valence-electron chi connectivity index (χ0n) is 14.6. The Morgan fingerprint density at radius 3 is 2.71 bits per heavy atom. The molecule has 1 unspecified atom stereocenters. The van der Waals surface area contributed by atoms with Crippen molar-refractivity contribution in [3.8, 4) is 0 Å². The Morgan fingerprint density at radius 2 is 2.04 bits per heavy atom. The lowest BCUT2D eigenvalue weighted by Crippen LogP contribution is -2.41. The molecule has 0 aliphatic carbocycles. The lowest BCUT2D eigenvalue weighted by Gasteiger charge is -2.24. The van der Waals surface area contributed by atoms with Crippen LogP contribution in [0, 0.1) is 12.8 Å². The largest absolute Gasteiger partial charge is 0.382 e. The number of carbonyl (C=O) groups excluding carboxylic acids is 1. The van der Waals surface area contributed by atoms with Gasteiger partial charge in [0.15, 0.2) is 5.82 Å². The van der Waals surface area contributed by atoms with Crippen LogP contribution in [0.2, 0.25) is 0 Å². The number of anilines is 1. The van der Waals surface area contributed by atoms with E-state index in [1.54, 1.807) is 0 Å².